The lowest BCUT2D eigenvalue weighted by atomic mass is 10.0. The van der Waals surface area contributed by atoms with Crippen molar-refractivity contribution in [1.29, 1.82) is 0 Å². The average Bonchev–Trinajstić information content (AvgIpc) is 2.75. The minimum absolute atomic E-state index is 0.156. The van der Waals surface area contributed by atoms with Crippen molar-refractivity contribution in [2.24, 2.45) is 0 Å². The Bertz CT molecular complexity index is 362. The number of aliphatic hydroxyl groups excluding tert-OH is 1. The summed E-state index contributed by atoms with van der Waals surface area (Å²) in [6.45, 7) is 4.35. The smallest absolute Gasteiger partial charge is 0.0582 e. The van der Waals surface area contributed by atoms with E-state index in [1.807, 2.05) is 6.92 Å². The van der Waals surface area contributed by atoms with Crippen LogP contribution in [0.25, 0.3) is 0 Å². The van der Waals surface area contributed by atoms with Gasteiger partial charge in [0.1, 0.15) is 0 Å². The summed E-state index contributed by atoms with van der Waals surface area (Å²) in [4.78, 5) is 0. The summed E-state index contributed by atoms with van der Waals surface area (Å²) in [5.41, 5.74) is 4.37. The molecule has 0 bridgehead atoms. The van der Waals surface area contributed by atoms with Crippen LogP contribution in [0, 0.1) is 0 Å². The van der Waals surface area contributed by atoms with Gasteiger partial charge in [0.05, 0.1) is 6.61 Å². The SMILES string of the molecule is C[C@H](CO)N[C@@H](C)c1ccc2c(c1)CCC2. The summed E-state index contributed by atoms with van der Waals surface area (Å²) < 4.78 is 0. The summed E-state index contributed by atoms with van der Waals surface area (Å²) in [6, 6.07) is 7.27. The van der Waals surface area contributed by atoms with Gasteiger partial charge in [0.15, 0.2) is 0 Å². The predicted molar refractivity (Wildman–Crippen MR) is 66.6 cm³/mol. The van der Waals surface area contributed by atoms with E-state index in [0.717, 1.165) is 0 Å². The van der Waals surface area contributed by atoms with Crippen LogP contribution in [0.3, 0.4) is 0 Å². The topological polar surface area (TPSA) is 32.3 Å². The quantitative estimate of drug-likeness (QED) is 0.813. The van der Waals surface area contributed by atoms with E-state index in [4.69, 9.17) is 5.11 Å². The van der Waals surface area contributed by atoms with Crippen LogP contribution in [-0.2, 0) is 12.8 Å². The highest BCUT2D eigenvalue weighted by atomic mass is 16.3. The van der Waals surface area contributed by atoms with Crippen LogP contribution >= 0.6 is 0 Å². The molecular weight excluding hydrogens is 198 g/mol. The van der Waals surface area contributed by atoms with Gasteiger partial charge in [-0.15, -0.1) is 0 Å². The van der Waals surface area contributed by atoms with Crippen LogP contribution in [0.1, 0.15) is 43.0 Å². The van der Waals surface area contributed by atoms with Crippen molar-refractivity contribution in [3.8, 4) is 0 Å². The van der Waals surface area contributed by atoms with Gasteiger partial charge in [0, 0.05) is 12.1 Å². The third-order valence-electron chi connectivity index (χ3n) is 3.43. The van der Waals surface area contributed by atoms with E-state index < -0.39 is 0 Å². The molecule has 0 fully saturated rings. The molecule has 2 nitrogen and oxygen atoms in total. The highest BCUT2D eigenvalue weighted by molar-refractivity contribution is 5.36. The van der Waals surface area contributed by atoms with Gasteiger partial charge in [-0.25, -0.2) is 0 Å². The highest BCUT2D eigenvalue weighted by Gasteiger charge is 2.14. The zero-order valence-corrected chi connectivity index (χ0v) is 10.2. The van der Waals surface area contributed by atoms with Crippen molar-refractivity contribution < 1.29 is 5.11 Å². The molecule has 88 valence electrons. The lowest BCUT2D eigenvalue weighted by molar-refractivity contribution is 0.243. The Labute approximate surface area is 97.7 Å². The molecule has 0 aromatic heterocycles. The molecule has 0 unspecified atom stereocenters. The Kier molecular flexibility index (Phi) is 3.62. The lowest BCUT2D eigenvalue weighted by Crippen LogP contribution is -2.31. The van der Waals surface area contributed by atoms with Crippen LogP contribution < -0.4 is 5.32 Å². The van der Waals surface area contributed by atoms with E-state index >= 15 is 0 Å². The Hall–Kier alpha value is -0.860. The molecule has 2 atom stereocenters. The van der Waals surface area contributed by atoms with Crippen molar-refractivity contribution in [2.45, 2.75) is 45.2 Å². The molecule has 2 N–H and O–H groups in total. The number of rotatable bonds is 4. The molecule has 1 aromatic rings. The van der Waals surface area contributed by atoms with Crippen molar-refractivity contribution in [1.82, 2.24) is 5.32 Å². The first-order valence-electron chi connectivity index (χ1n) is 6.19. The Morgan fingerprint density at radius 1 is 1.25 bits per heavy atom. The van der Waals surface area contributed by atoms with Gasteiger partial charge in [0.2, 0.25) is 0 Å². The van der Waals surface area contributed by atoms with E-state index in [0.29, 0.717) is 6.04 Å². The van der Waals surface area contributed by atoms with Gasteiger partial charge in [-0.3, -0.25) is 0 Å². The van der Waals surface area contributed by atoms with Gasteiger partial charge in [-0.1, -0.05) is 18.2 Å². The van der Waals surface area contributed by atoms with Gasteiger partial charge < -0.3 is 10.4 Å². The number of aryl methyl sites for hydroxylation is 2. The molecule has 0 aliphatic heterocycles. The van der Waals surface area contributed by atoms with Crippen LogP contribution in [-0.4, -0.2) is 17.8 Å². The van der Waals surface area contributed by atoms with E-state index in [-0.39, 0.29) is 12.6 Å². The summed E-state index contributed by atoms with van der Waals surface area (Å²) in [7, 11) is 0. The molecule has 1 aliphatic rings. The summed E-state index contributed by atoms with van der Waals surface area (Å²) in [5, 5.41) is 12.4. The van der Waals surface area contributed by atoms with Crippen LogP contribution in [0.4, 0.5) is 0 Å². The number of benzene rings is 1. The minimum Gasteiger partial charge on any atom is -0.395 e. The normalized spacial score (nSPS) is 18.2. The monoisotopic (exact) mass is 219 g/mol. The van der Waals surface area contributed by atoms with Crippen molar-refractivity contribution in [2.75, 3.05) is 6.61 Å². The number of nitrogens with one attached hydrogen (secondary N) is 1. The Balaban J connectivity index is 2.09. The maximum absolute atomic E-state index is 9.02. The summed E-state index contributed by atoms with van der Waals surface area (Å²) in [6.07, 6.45) is 3.77. The first-order chi connectivity index (χ1) is 7.70. The third kappa shape index (κ3) is 2.45. The molecule has 1 aliphatic carbocycles. The second-order valence-corrected chi connectivity index (χ2v) is 4.85. The Morgan fingerprint density at radius 3 is 2.75 bits per heavy atom. The molecule has 16 heavy (non-hydrogen) atoms. The molecule has 2 heteroatoms. The fourth-order valence-electron chi connectivity index (χ4n) is 2.44. The second kappa shape index (κ2) is 4.98. The standard InChI is InChI=1S/C14H21NO/c1-10(9-16)15-11(2)13-7-6-12-4-3-5-14(12)8-13/h6-8,10-11,15-16H,3-5,9H2,1-2H3/t10-,11+/m1/s1. The van der Waals surface area contributed by atoms with E-state index in [2.05, 4.69) is 30.4 Å². The molecule has 2 rings (SSSR count). The third-order valence-corrected chi connectivity index (χ3v) is 3.43. The molecule has 0 radical (unpaired) electrons. The van der Waals surface area contributed by atoms with E-state index in [1.165, 1.54) is 36.0 Å². The molecular formula is C14H21NO. The summed E-state index contributed by atoms with van der Waals surface area (Å²) in [5.74, 6) is 0. The van der Waals surface area contributed by atoms with Crippen LogP contribution in [0.5, 0.6) is 0 Å². The molecule has 1 aromatic carbocycles. The first kappa shape index (κ1) is 11.6. The largest absolute Gasteiger partial charge is 0.395 e. The number of fused-ring (bicyclic) bond motifs is 1. The zero-order chi connectivity index (χ0) is 11.5. The molecule has 0 saturated heterocycles. The lowest BCUT2D eigenvalue weighted by Gasteiger charge is -2.19. The molecule has 0 saturated carbocycles. The van der Waals surface area contributed by atoms with Crippen LogP contribution in [0.15, 0.2) is 18.2 Å². The zero-order valence-electron chi connectivity index (χ0n) is 10.2. The van der Waals surface area contributed by atoms with Gasteiger partial charge in [-0.2, -0.15) is 0 Å². The van der Waals surface area contributed by atoms with Crippen LogP contribution in [0.2, 0.25) is 0 Å². The minimum atomic E-state index is 0.156. The fourth-order valence-corrected chi connectivity index (χ4v) is 2.44. The number of aliphatic hydroxyl groups is 1. The van der Waals surface area contributed by atoms with Gasteiger partial charge >= 0.3 is 0 Å². The first-order valence-corrected chi connectivity index (χ1v) is 6.19. The second-order valence-electron chi connectivity index (χ2n) is 4.85. The number of hydrogen-bond acceptors (Lipinski definition) is 2. The van der Waals surface area contributed by atoms with E-state index in [9.17, 15) is 0 Å². The number of hydrogen-bond donors (Lipinski definition) is 2. The Morgan fingerprint density at radius 2 is 2.00 bits per heavy atom. The molecule has 0 amide bonds. The average molecular weight is 219 g/mol. The fraction of sp³-hybridized carbons (Fsp3) is 0.571. The van der Waals surface area contributed by atoms with Gasteiger partial charge in [0.25, 0.3) is 0 Å². The highest BCUT2D eigenvalue weighted by Crippen LogP contribution is 2.25. The van der Waals surface area contributed by atoms with Gasteiger partial charge in [-0.05, 0) is 49.8 Å². The van der Waals surface area contributed by atoms with Crippen molar-refractivity contribution >= 4 is 0 Å². The summed E-state index contributed by atoms with van der Waals surface area (Å²) >= 11 is 0. The maximum atomic E-state index is 9.02. The van der Waals surface area contributed by atoms with Crippen molar-refractivity contribution in [3.63, 3.8) is 0 Å². The van der Waals surface area contributed by atoms with E-state index in [1.54, 1.807) is 0 Å². The maximum Gasteiger partial charge on any atom is 0.0582 e. The molecule has 0 spiro atoms. The predicted octanol–water partition coefficient (Wildman–Crippen LogP) is 2.21. The van der Waals surface area contributed by atoms with Crippen molar-refractivity contribution in [3.05, 3.63) is 34.9 Å². The molecule has 0 heterocycles.